The van der Waals surface area contributed by atoms with Crippen molar-refractivity contribution in [2.45, 2.75) is 89.6 Å². The lowest BCUT2D eigenvalue weighted by Crippen LogP contribution is -2.47. The maximum Gasteiger partial charge on any atom is 0.459 e. The normalized spacial score (nSPS) is 11.0. The van der Waals surface area contributed by atoms with Gasteiger partial charge < -0.3 is 54.9 Å². The first-order valence-corrected chi connectivity index (χ1v) is 26.7. The zero-order valence-electron chi connectivity index (χ0n) is 48.9. The monoisotopic (exact) mass is 1240 g/mol. The number of methoxy groups -OCH3 is 3. The fourth-order valence-corrected chi connectivity index (χ4v) is 7.42. The van der Waals surface area contributed by atoms with Gasteiger partial charge in [0.25, 0.3) is 5.91 Å². The number of carbonyl (C=O) groups excluding carboxylic acids is 2. The quantitative estimate of drug-likeness (QED) is 0.00505. The van der Waals surface area contributed by atoms with E-state index in [-0.39, 0.29) is 18.5 Å². The Balaban J connectivity index is 0.000000398. The summed E-state index contributed by atoms with van der Waals surface area (Å²) in [6.45, 7) is 3.49. The molecule has 26 heteroatoms. The number of Topliss-reactive ketones (excluding diaryl/α,β-unsaturated/α-hetero) is 1. The molecule has 0 spiro atoms. The number of alkyl halides is 1. The van der Waals surface area contributed by atoms with Crippen molar-refractivity contribution >= 4 is 64.4 Å². The predicted octanol–water partition coefficient (Wildman–Crippen LogP) is 9.65. The van der Waals surface area contributed by atoms with Crippen molar-refractivity contribution < 1.29 is 102 Å². The van der Waals surface area contributed by atoms with E-state index in [0.29, 0.717) is 52.7 Å². The highest BCUT2D eigenvalue weighted by atomic mass is 19.1. The molecule has 6 rings (SSSR count). The van der Waals surface area contributed by atoms with Crippen LogP contribution < -0.4 is 24.3 Å². The summed E-state index contributed by atoms with van der Waals surface area (Å²) in [5, 5.41) is 77.3. The van der Waals surface area contributed by atoms with E-state index in [1.165, 1.54) is 27.4 Å². The van der Waals surface area contributed by atoms with E-state index in [2.05, 4.69) is 17.2 Å². The molecule has 1 amide bonds. The number of unbranched alkanes of at least 4 members (excludes halogenated alkanes) is 2. The average molecular weight is 1240 g/mol. The molecule has 0 bridgehead atoms. The van der Waals surface area contributed by atoms with Crippen molar-refractivity contribution in [3.63, 3.8) is 0 Å². The molecule has 0 aliphatic heterocycles. The molecule has 0 heterocycles. The highest BCUT2D eigenvalue weighted by Gasteiger charge is 2.55. The van der Waals surface area contributed by atoms with Gasteiger partial charge in [-0.05, 0) is 95.8 Å². The van der Waals surface area contributed by atoms with Gasteiger partial charge in [-0.1, -0.05) is 123 Å². The highest BCUT2D eigenvalue weighted by molar-refractivity contribution is 6.33. The lowest BCUT2D eigenvalue weighted by molar-refractivity contribution is -0.798. The topological polar surface area (TPSA) is 393 Å². The van der Waals surface area contributed by atoms with Crippen molar-refractivity contribution in [2.75, 3.05) is 21.3 Å². The van der Waals surface area contributed by atoms with E-state index in [9.17, 15) is 68.1 Å². The number of fused-ring (bicyclic) bond motifs is 1. The highest BCUT2D eigenvalue weighted by Crippen LogP contribution is 2.31. The lowest BCUT2D eigenvalue weighted by Gasteiger charge is -2.15. The second-order valence-corrected chi connectivity index (χ2v) is 18.8. The first-order valence-electron chi connectivity index (χ1n) is 26.7. The van der Waals surface area contributed by atoms with Crippen molar-refractivity contribution in [1.29, 1.82) is 0 Å². The molecule has 0 saturated heterocycles. The largest absolute Gasteiger partial charge is 0.493 e. The Hall–Kier alpha value is -11.2. The number of benzene rings is 6. The molecule has 472 valence electrons. The minimum absolute atomic E-state index is 0.121. The Kier molecular flexibility index (Phi) is 31.5. The number of nitrogens with zero attached hydrogens (tertiary/aromatic N) is 2. The first kappa shape index (κ1) is 73.9. The number of carboxylic acids is 6. The summed E-state index contributed by atoms with van der Waals surface area (Å²) >= 11 is 0. The van der Waals surface area contributed by atoms with Crippen LogP contribution >= 0.6 is 0 Å². The molecule has 0 fully saturated rings. The Morgan fingerprint density at radius 3 is 1.67 bits per heavy atom. The summed E-state index contributed by atoms with van der Waals surface area (Å²) in [7, 11) is 4.48. The zero-order chi connectivity index (χ0) is 66.7. The molecule has 89 heavy (non-hydrogen) atoms. The third-order valence-electron chi connectivity index (χ3n) is 12.2. The number of ether oxygens (including phenoxy) is 4. The first-order chi connectivity index (χ1) is 42.1. The Morgan fingerprint density at radius 1 is 0.618 bits per heavy atom. The van der Waals surface area contributed by atoms with Gasteiger partial charge in [-0.3, -0.25) is 39.4 Å². The lowest BCUT2D eigenvalue weighted by atomic mass is 9.99. The number of ketones is 1. The van der Waals surface area contributed by atoms with Gasteiger partial charge >= 0.3 is 41.5 Å². The molecule has 25 nitrogen and oxygen atoms in total. The molecule has 7 N–H and O–H groups in total. The van der Waals surface area contributed by atoms with E-state index >= 15 is 0 Å². The number of halogens is 1. The van der Waals surface area contributed by atoms with Gasteiger partial charge in [0.05, 0.1) is 56.9 Å². The van der Waals surface area contributed by atoms with E-state index in [4.69, 9.17) is 44.5 Å². The second kappa shape index (κ2) is 37.9. The predicted molar refractivity (Wildman–Crippen MR) is 319 cm³/mol. The van der Waals surface area contributed by atoms with Crippen LogP contribution in [0.2, 0.25) is 0 Å². The number of rotatable bonds is 26. The number of nitro groups is 2. The summed E-state index contributed by atoms with van der Waals surface area (Å²) in [6.07, 6.45) is 0.602. The van der Waals surface area contributed by atoms with Gasteiger partial charge in [-0.25, -0.2) is 23.6 Å². The third kappa shape index (κ3) is 26.3. The molecule has 0 aromatic heterocycles. The molecule has 0 saturated carbocycles. The minimum atomic E-state index is -2.75. The fourth-order valence-electron chi connectivity index (χ4n) is 7.42. The van der Waals surface area contributed by atoms with Crippen LogP contribution in [0.15, 0.2) is 145 Å². The van der Waals surface area contributed by atoms with E-state index in [1.54, 1.807) is 66.7 Å². The molecular weight excluding hydrogens is 1170 g/mol. The Labute approximate surface area is 509 Å². The number of nitrogens with one attached hydrogen (secondary N) is 1. The summed E-state index contributed by atoms with van der Waals surface area (Å²) < 4.78 is 34.2. The Bertz CT molecular complexity index is 3470. The van der Waals surface area contributed by atoms with Crippen LogP contribution in [0.3, 0.4) is 0 Å². The molecule has 6 aromatic carbocycles. The number of carboxylic acid groups (broad SMARTS) is 6. The number of amides is 1. The summed E-state index contributed by atoms with van der Waals surface area (Å²) in [5.74, 6) is -2.59. The van der Waals surface area contributed by atoms with Gasteiger partial charge in [0.15, 0.2) is 23.0 Å². The van der Waals surface area contributed by atoms with E-state index in [1.807, 2.05) is 79.7 Å². The number of aliphatic carboxylic acids is 6. The number of hydrogen-bond donors (Lipinski definition) is 7. The van der Waals surface area contributed by atoms with Crippen molar-refractivity contribution in [1.82, 2.24) is 5.32 Å². The van der Waals surface area contributed by atoms with Crippen LogP contribution in [0.4, 0.5) is 4.39 Å². The van der Waals surface area contributed by atoms with Crippen LogP contribution in [0.1, 0.15) is 97.8 Å². The van der Waals surface area contributed by atoms with Gasteiger partial charge in [0, 0.05) is 23.5 Å². The molecule has 0 aliphatic rings. The van der Waals surface area contributed by atoms with E-state index < -0.39 is 94.4 Å². The SMILES string of the molecule is CCCCC[C@](C)(F)C(=O)O.COc1cc(C=C(NC(=O)c2ccccc2)C(=O)O)ccc1OCc1ccccc1.COc1ccc(CC(=O)C(=O)O)cc1OC.O=C(O)C#Cc1cccc2ccccc12.O=C(O)CCC(CCC(=O)O)([N+](=O)[O-])[N+](=O)[O-]. The molecule has 0 radical (unpaired) electrons. The van der Waals surface area contributed by atoms with Crippen molar-refractivity contribution in [3.8, 4) is 34.8 Å². The second-order valence-electron chi connectivity index (χ2n) is 18.8. The minimum Gasteiger partial charge on any atom is -0.493 e. The third-order valence-corrected chi connectivity index (χ3v) is 12.2. The van der Waals surface area contributed by atoms with Crippen LogP contribution in [0.25, 0.3) is 16.8 Å². The maximum atomic E-state index is 12.9. The maximum absolute atomic E-state index is 12.9. The van der Waals surface area contributed by atoms with Gasteiger partial charge in [-0.15, -0.1) is 0 Å². The summed E-state index contributed by atoms with van der Waals surface area (Å²) in [5.41, 5.74) is -1.78. The van der Waals surface area contributed by atoms with Crippen LogP contribution in [0.5, 0.6) is 23.0 Å². The van der Waals surface area contributed by atoms with Crippen molar-refractivity contribution in [3.05, 3.63) is 193 Å². The van der Waals surface area contributed by atoms with Crippen LogP contribution in [0, 0.1) is 32.1 Å². The van der Waals surface area contributed by atoms with Gasteiger partial charge in [-0.2, -0.15) is 0 Å². The number of hydrogen-bond acceptors (Lipinski definition) is 16. The Morgan fingerprint density at radius 2 is 1.16 bits per heavy atom. The van der Waals surface area contributed by atoms with Crippen LogP contribution in [-0.4, -0.2) is 121 Å². The molecule has 0 unspecified atom stereocenters. The molecule has 1 atom stereocenters. The van der Waals surface area contributed by atoms with E-state index in [0.717, 1.165) is 41.7 Å². The van der Waals surface area contributed by atoms with Crippen molar-refractivity contribution in [2.24, 2.45) is 0 Å². The van der Waals surface area contributed by atoms with Crippen LogP contribution in [-0.2, 0) is 46.6 Å². The number of carbonyl (C=O) groups is 8. The summed E-state index contributed by atoms with van der Waals surface area (Å²) in [6, 6.07) is 41.4. The fraction of sp³-hybridized carbons (Fsp3) is 0.270. The molecule has 6 aromatic rings. The van der Waals surface area contributed by atoms with Gasteiger partial charge in [0.1, 0.15) is 12.3 Å². The zero-order valence-corrected chi connectivity index (χ0v) is 48.9. The average Bonchev–Trinajstić information content (AvgIpc) is 1.70. The smallest absolute Gasteiger partial charge is 0.459 e. The molecule has 0 aliphatic carbocycles. The van der Waals surface area contributed by atoms with Gasteiger partial charge in [0.2, 0.25) is 11.5 Å². The standard InChI is InChI=1S/C24H21NO5.C13H8O2.C11H12O5.C8H15FO2.C7H10N2O8/c1-29-22-15-18(12-13-21(22)30-16-17-8-4-2-5-9-17)14-20(24(27)28)25-23(26)19-10-6-3-7-11-19;14-13(15)9-8-11-6-3-5-10-4-1-2-7-12(10)11;1-15-9-4-3-7(6-10(9)16-2)5-8(12)11(13)14;1-3-4-5-6-8(2,9)7(10)11;10-5(11)1-3-7(8(14)15,9(16)17)4-2-6(12)13/h2-15H,16H2,1H3,(H,25,26)(H,27,28);1-7H,(H,14,15);3-4,6H,5H2,1-2H3,(H,13,14);3-6H2,1-2H3,(H,10,11);1-4H2,(H,10,11)(H,12,13)/t;;;8-;/m...0./s1. The summed E-state index contributed by atoms with van der Waals surface area (Å²) in [4.78, 5) is 105. The molecular formula is C63H66FN3O22.